The molecule has 29 heavy (non-hydrogen) atoms. The van der Waals surface area contributed by atoms with Crippen molar-refractivity contribution in [3.63, 3.8) is 0 Å². The van der Waals surface area contributed by atoms with Gasteiger partial charge in [-0.3, -0.25) is 4.79 Å². The Morgan fingerprint density at radius 3 is 1.38 bits per heavy atom. The molecular weight excluding hydrogens is 476 g/mol. The Kier molecular flexibility index (Phi) is 7.47. The van der Waals surface area contributed by atoms with Gasteiger partial charge >= 0.3 is 40.9 Å². The summed E-state index contributed by atoms with van der Waals surface area (Å²) in [7, 11) is 0. The van der Waals surface area contributed by atoms with Crippen LogP contribution in [0, 0.1) is 0 Å². The molecule has 0 unspecified atom stereocenters. The zero-order valence-electron chi connectivity index (χ0n) is 13.7. The number of nitrogens with one attached hydrogen (secondary N) is 1. The Bertz CT molecular complexity index is 600. The number of hydrogen-bond donors (Lipinski definition) is 1. The first-order valence-corrected chi connectivity index (χ1v) is 7.48. The zero-order valence-corrected chi connectivity index (χ0v) is 14.5. The van der Waals surface area contributed by atoms with Gasteiger partial charge in [-0.1, -0.05) is 13.3 Å². The number of carbonyl (C=O) groups excluding carboxylic acids is 1. The summed E-state index contributed by atoms with van der Waals surface area (Å²) in [5.74, 6) is -50.0. The Hall–Kier alpha value is -1.22. The Balaban J connectivity index is 6.32. The van der Waals surface area contributed by atoms with E-state index in [1.54, 1.807) is 0 Å². The lowest BCUT2D eigenvalue weighted by atomic mass is 9.91. The van der Waals surface area contributed by atoms with Crippen LogP contribution in [0.5, 0.6) is 0 Å². The van der Waals surface area contributed by atoms with E-state index in [9.17, 15) is 66.3 Å². The third kappa shape index (κ3) is 4.04. The van der Waals surface area contributed by atoms with E-state index in [0.717, 1.165) is 5.32 Å². The standard InChI is InChI=1S/C12H10ClF14NO/c1-2-3-4-28-5(29)6(14,15)7(16,17)8(18,19)9(20,21)10(22,23)11(24,25)12(13,26)27/h2-4H2,1H3,(H,28,29). The SMILES string of the molecule is CCCCNC(=O)C(F)(F)C(F)(F)C(F)(F)C(F)(F)C(F)(F)C(F)(F)C(F)(F)Cl. The summed E-state index contributed by atoms with van der Waals surface area (Å²) in [4.78, 5) is 11.0. The lowest BCUT2D eigenvalue weighted by Crippen LogP contribution is -2.73. The van der Waals surface area contributed by atoms with Crippen molar-refractivity contribution in [3.05, 3.63) is 0 Å². The molecule has 0 aliphatic heterocycles. The van der Waals surface area contributed by atoms with Crippen LogP contribution >= 0.6 is 11.6 Å². The van der Waals surface area contributed by atoms with Crippen LogP contribution in [0.2, 0.25) is 0 Å². The van der Waals surface area contributed by atoms with Gasteiger partial charge in [-0.15, -0.1) is 0 Å². The van der Waals surface area contributed by atoms with Crippen LogP contribution in [0.3, 0.4) is 0 Å². The maximum atomic E-state index is 13.4. The van der Waals surface area contributed by atoms with Crippen molar-refractivity contribution in [2.45, 2.75) is 60.7 Å². The van der Waals surface area contributed by atoms with E-state index >= 15 is 0 Å². The van der Waals surface area contributed by atoms with Crippen molar-refractivity contribution in [1.29, 1.82) is 0 Å². The first kappa shape index (κ1) is 27.8. The molecule has 17 heteroatoms. The van der Waals surface area contributed by atoms with Crippen LogP contribution in [0.4, 0.5) is 61.5 Å². The molecule has 0 saturated heterocycles. The predicted molar refractivity (Wildman–Crippen MR) is 68.4 cm³/mol. The highest BCUT2D eigenvalue weighted by atomic mass is 35.5. The minimum Gasteiger partial charge on any atom is -0.351 e. The number of alkyl halides is 15. The maximum Gasteiger partial charge on any atom is 0.393 e. The van der Waals surface area contributed by atoms with E-state index in [0.29, 0.717) is 0 Å². The molecule has 0 radical (unpaired) electrons. The number of unbranched alkanes of at least 4 members (excludes halogenated alkanes) is 1. The van der Waals surface area contributed by atoms with E-state index in [1.807, 2.05) is 0 Å². The number of rotatable bonds is 10. The molecule has 0 aromatic rings. The third-order valence-electron chi connectivity index (χ3n) is 3.43. The van der Waals surface area contributed by atoms with Crippen LogP contribution in [0.1, 0.15) is 19.8 Å². The highest BCUT2D eigenvalue weighted by Gasteiger charge is 2.93. The molecule has 0 bridgehead atoms. The number of carbonyl (C=O) groups is 1. The molecule has 1 amide bonds. The largest absolute Gasteiger partial charge is 0.393 e. The monoisotopic (exact) mass is 485 g/mol. The van der Waals surface area contributed by atoms with E-state index in [4.69, 9.17) is 0 Å². The fourth-order valence-electron chi connectivity index (χ4n) is 1.60. The van der Waals surface area contributed by atoms with Crippen LogP contribution in [-0.4, -0.2) is 53.4 Å². The highest BCUT2D eigenvalue weighted by Crippen LogP contribution is 2.62. The molecule has 0 fully saturated rings. The van der Waals surface area contributed by atoms with Crippen molar-refractivity contribution in [2.24, 2.45) is 0 Å². The van der Waals surface area contributed by atoms with Gasteiger partial charge in [0.15, 0.2) is 0 Å². The molecule has 0 rings (SSSR count). The molecule has 1 N–H and O–H groups in total. The number of amides is 1. The van der Waals surface area contributed by atoms with Gasteiger partial charge in [-0.25, -0.2) is 0 Å². The second kappa shape index (κ2) is 7.80. The van der Waals surface area contributed by atoms with Crippen molar-refractivity contribution in [1.82, 2.24) is 5.32 Å². The molecule has 0 saturated carbocycles. The lowest BCUT2D eigenvalue weighted by Gasteiger charge is -2.41. The summed E-state index contributed by atoms with van der Waals surface area (Å²) in [6, 6.07) is 0. The minimum absolute atomic E-state index is 0.129. The Labute approximate surface area is 157 Å². The molecule has 0 aromatic carbocycles. The van der Waals surface area contributed by atoms with Crippen molar-refractivity contribution in [3.8, 4) is 0 Å². The van der Waals surface area contributed by atoms with Gasteiger partial charge in [-0.2, -0.15) is 61.5 Å². The van der Waals surface area contributed by atoms with Crippen LogP contribution in [0.15, 0.2) is 0 Å². The van der Waals surface area contributed by atoms with Gasteiger partial charge < -0.3 is 5.32 Å². The quantitative estimate of drug-likeness (QED) is 0.246. The molecular formula is C12H10ClF14NO. The van der Waals surface area contributed by atoms with Gasteiger partial charge in [0.25, 0.3) is 5.91 Å². The Morgan fingerprint density at radius 2 is 1.03 bits per heavy atom. The van der Waals surface area contributed by atoms with E-state index in [2.05, 4.69) is 11.6 Å². The molecule has 0 atom stereocenters. The fraction of sp³-hybridized carbons (Fsp3) is 0.917. The third-order valence-corrected chi connectivity index (χ3v) is 3.67. The molecule has 0 aliphatic rings. The minimum atomic E-state index is -8.24. The van der Waals surface area contributed by atoms with Crippen molar-refractivity contribution < 1.29 is 66.3 Å². The molecule has 0 aromatic heterocycles. The second-order valence-corrected chi connectivity index (χ2v) is 6.03. The van der Waals surface area contributed by atoms with E-state index < -0.39 is 53.4 Å². The summed E-state index contributed by atoms with van der Waals surface area (Å²) in [6.07, 6.45) is -0.0700. The predicted octanol–water partition coefficient (Wildman–Crippen LogP) is 5.55. The van der Waals surface area contributed by atoms with Crippen LogP contribution < -0.4 is 5.32 Å². The molecule has 2 nitrogen and oxygen atoms in total. The summed E-state index contributed by atoms with van der Waals surface area (Å²) in [5.41, 5.74) is 0. The summed E-state index contributed by atoms with van der Waals surface area (Å²) in [5, 5.41) is -5.77. The van der Waals surface area contributed by atoms with Crippen molar-refractivity contribution in [2.75, 3.05) is 6.54 Å². The van der Waals surface area contributed by atoms with Crippen LogP contribution in [-0.2, 0) is 4.79 Å². The molecule has 174 valence electrons. The highest BCUT2D eigenvalue weighted by molar-refractivity contribution is 6.22. The number of halogens is 15. The Morgan fingerprint density at radius 1 is 0.690 bits per heavy atom. The average Bonchev–Trinajstić information content (AvgIpc) is 2.52. The topological polar surface area (TPSA) is 29.1 Å². The van der Waals surface area contributed by atoms with Gasteiger partial charge in [0.1, 0.15) is 0 Å². The fourth-order valence-corrected chi connectivity index (χ4v) is 1.72. The van der Waals surface area contributed by atoms with Gasteiger partial charge in [0.2, 0.25) is 0 Å². The first-order chi connectivity index (χ1) is 12.5. The van der Waals surface area contributed by atoms with Gasteiger partial charge in [0.05, 0.1) is 0 Å². The van der Waals surface area contributed by atoms with Crippen molar-refractivity contribution >= 4 is 17.5 Å². The molecule has 0 spiro atoms. The van der Waals surface area contributed by atoms with Gasteiger partial charge in [-0.05, 0) is 18.0 Å². The maximum absolute atomic E-state index is 13.4. The van der Waals surface area contributed by atoms with Gasteiger partial charge in [0, 0.05) is 6.54 Å². The first-order valence-electron chi connectivity index (χ1n) is 7.10. The summed E-state index contributed by atoms with van der Waals surface area (Å²) >= 11 is 3.45. The summed E-state index contributed by atoms with van der Waals surface area (Å²) in [6.45, 7) is 0.512. The zero-order chi connectivity index (χ0) is 23.9. The average molecular weight is 486 g/mol. The molecule has 0 heterocycles. The van der Waals surface area contributed by atoms with Crippen LogP contribution in [0.25, 0.3) is 0 Å². The normalized spacial score (nSPS) is 15.4. The number of hydrogen-bond acceptors (Lipinski definition) is 1. The molecule has 0 aliphatic carbocycles. The second-order valence-electron chi connectivity index (χ2n) is 5.55. The van der Waals surface area contributed by atoms with E-state index in [1.165, 1.54) is 6.92 Å². The smallest absolute Gasteiger partial charge is 0.351 e. The lowest BCUT2D eigenvalue weighted by molar-refractivity contribution is -0.431. The van der Waals surface area contributed by atoms with E-state index in [-0.39, 0.29) is 12.8 Å². The summed E-state index contributed by atoms with van der Waals surface area (Å²) < 4.78 is 183.